The highest BCUT2D eigenvalue weighted by atomic mass is 32.1. The molecule has 0 aliphatic heterocycles. The van der Waals surface area contributed by atoms with Crippen LogP contribution in [-0.4, -0.2) is 25.2 Å². The lowest BCUT2D eigenvalue weighted by atomic mass is 10.1. The van der Waals surface area contributed by atoms with Crippen LogP contribution in [0.2, 0.25) is 0 Å². The van der Waals surface area contributed by atoms with Crippen LogP contribution in [0.5, 0.6) is 0 Å². The maximum atomic E-state index is 13.0. The van der Waals surface area contributed by atoms with Gasteiger partial charge in [-0.1, -0.05) is 13.8 Å². The van der Waals surface area contributed by atoms with Crippen LogP contribution in [0.25, 0.3) is 37.6 Å². The zero-order chi connectivity index (χ0) is 29.6. The van der Waals surface area contributed by atoms with Gasteiger partial charge in [-0.15, -0.1) is 45.3 Å². The molecule has 0 unspecified atom stereocenters. The van der Waals surface area contributed by atoms with Gasteiger partial charge >= 0.3 is 11.9 Å². The average molecular weight is 633 g/mol. The van der Waals surface area contributed by atoms with E-state index in [4.69, 9.17) is 9.47 Å². The standard InChI is InChI=1S/C34H32O4S4/c1-5-21-17-27(33(35)37-7-3)31-19-29(21)39-23-9-11-24(12-10-23)40-30-20-32(42-26-15-13-25(41-31)14-16-26)28(18-22(30)6-2)34(36)38-8-4/h9-20H,5-8H2,1-4H3. The Morgan fingerprint density at radius 1 is 0.500 bits per heavy atom. The third-order valence-electron chi connectivity index (χ3n) is 6.64. The van der Waals surface area contributed by atoms with Crippen LogP contribution >= 0.6 is 45.3 Å². The molecule has 0 spiro atoms. The lowest BCUT2D eigenvalue weighted by Gasteiger charge is -2.08. The number of esters is 2. The molecule has 42 heavy (non-hydrogen) atoms. The van der Waals surface area contributed by atoms with Crippen LogP contribution in [0.1, 0.15) is 59.5 Å². The van der Waals surface area contributed by atoms with Gasteiger partial charge in [0.2, 0.25) is 0 Å². The van der Waals surface area contributed by atoms with Gasteiger partial charge in [0.15, 0.2) is 0 Å². The van der Waals surface area contributed by atoms with Gasteiger partial charge in [0, 0.05) is 37.6 Å². The fourth-order valence-electron chi connectivity index (χ4n) is 4.52. The summed E-state index contributed by atoms with van der Waals surface area (Å²) in [4.78, 5) is 26.0. The Labute approximate surface area is 261 Å². The Morgan fingerprint density at radius 2 is 0.810 bits per heavy atom. The molecule has 4 nitrogen and oxygen atoms in total. The zero-order valence-corrected chi connectivity index (χ0v) is 27.3. The fourth-order valence-corrected chi connectivity index (χ4v) is 8.65. The fraction of sp³-hybridized carbons (Fsp3) is 0.235. The van der Waals surface area contributed by atoms with Crippen LogP contribution in [0, 0.1) is 0 Å². The molecule has 0 radical (unpaired) electrons. The van der Waals surface area contributed by atoms with E-state index in [-0.39, 0.29) is 11.9 Å². The van der Waals surface area contributed by atoms with E-state index in [1.165, 1.54) is 0 Å². The molecule has 8 bridgehead atoms. The Hall–Kier alpha value is -3.30. The monoisotopic (exact) mass is 632 g/mol. The molecule has 0 aliphatic rings. The first-order valence-corrected chi connectivity index (χ1v) is 17.3. The molecular formula is C34H32O4S4. The second-order valence-electron chi connectivity index (χ2n) is 9.41. The summed E-state index contributed by atoms with van der Waals surface area (Å²) < 4.78 is 19.1. The average Bonchev–Trinajstić information content (AvgIpc) is 2.99. The molecule has 8 heteroatoms. The molecule has 4 heterocycles. The summed E-state index contributed by atoms with van der Waals surface area (Å²) in [5.74, 6) is -0.612. The number of aryl methyl sites for hydroxylation is 2. The first-order chi connectivity index (χ1) is 20.4. The third kappa shape index (κ3) is 6.84. The minimum atomic E-state index is -0.306. The van der Waals surface area contributed by atoms with Crippen LogP contribution in [0.3, 0.4) is 0 Å². The maximum absolute atomic E-state index is 13.0. The largest absolute Gasteiger partial charge is 0.462 e. The van der Waals surface area contributed by atoms with E-state index >= 15 is 0 Å². The van der Waals surface area contributed by atoms with E-state index in [2.05, 4.69) is 74.5 Å². The highest BCUT2D eigenvalue weighted by Gasteiger charge is 2.14. The Balaban J connectivity index is 1.89. The molecule has 0 saturated heterocycles. The molecule has 8 rings (SSSR count). The quantitative estimate of drug-likeness (QED) is 0.175. The van der Waals surface area contributed by atoms with E-state index in [9.17, 15) is 9.59 Å². The number of hydrogen-bond acceptors (Lipinski definition) is 8. The minimum absolute atomic E-state index is 0.306. The van der Waals surface area contributed by atoms with Crippen LogP contribution in [-0.2, 0) is 22.3 Å². The topological polar surface area (TPSA) is 52.6 Å². The molecule has 216 valence electrons. The first-order valence-electron chi connectivity index (χ1n) is 14.0. The SMILES string of the molecule is CCOC(=O)c1cc(CC)c2cc1sc1ccc(cc1)sc1cc(sc3ccc(cc3)s2)c(CC)cc1C(=O)OCC. The van der Waals surface area contributed by atoms with Crippen LogP contribution < -0.4 is 0 Å². The van der Waals surface area contributed by atoms with Crippen molar-refractivity contribution in [2.24, 2.45) is 0 Å². The molecule has 0 saturated carbocycles. The van der Waals surface area contributed by atoms with Crippen molar-refractivity contribution in [3.63, 3.8) is 0 Å². The lowest BCUT2D eigenvalue weighted by Crippen LogP contribution is -2.05. The van der Waals surface area contributed by atoms with Gasteiger partial charge in [-0.2, -0.15) is 0 Å². The highest BCUT2D eigenvalue weighted by molar-refractivity contribution is 7.26. The van der Waals surface area contributed by atoms with E-state index in [0.717, 1.165) is 61.6 Å². The van der Waals surface area contributed by atoms with Crippen molar-refractivity contribution in [1.82, 2.24) is 0 Å². The lowest BCUT2D eigenvalue weighted by molar-refractivity contribution is 0.0519. The highest BCUT2D eigenvalue weighted by Crippen LogP contribution is 2.32. The molecule has 0 N–H and O–H groups in total. The summed E-state index contributed by atoms with van der Waals surface area (Å²) in [6.07, 6.45) is 1.62. The number of benzene rings is 4. The number of rotatable bonds is 6. The van der Waals surface area contributed by atoms with Crippen LogP contribution in [0.4, 0.5) is 0 Å². The first kappa shape index (κ1) is 30.2. The Kier molecular flexibility index (Phi) is 9.90. The van der Waals surface area contributed by atoms with Crippen molar-refractivity contribution >= 4 is 94.9 Å². The summed E-state index contributed by atoms with van der Waals surface area (Å²) in [6, 6.07) is 25.1. The van der Waals surface area contributed by atoms with E-state index in [1.54, 1.807) is 45.3 Å². The number of ether oxygens (including phenoxy) is 2. The van der Waals surface area contributed by atoms with Gasteiger partial charge < -0.3 is 9.47 Å². The second kappa shape index (κ2) is 13.8. The van der Waals surface area contributed by atoms with Gasteiger partial charge in [-0.05, 0) is 111 Å². The predicted octanol–water partition coefficient (Wildman–Crippen LogP) is 10.8. The van der Waals surface area contributed by atoms with Gasteiger partial charge in [-0.25, -0.2) is 9.59 Å². The van der Waals surface area contributed by atoms with Crippen molar-refractivity contribution in [1.29, 1.82) is 0 Å². The normalized spacial score (nSPS) is 11.0. The molecular weight excluding hydrogens is 601 g/mol. The Bertz CT molecular complexity index is 1760. The van der Waals surface area contributed by atoms with Gasteiger partial charge in [0.25, 0.3) is 0 Å². The van der Waals surface area contributed by atoms with Gasteiger partial charge in [-0.3, -0.25) is 0 Å². The number of carbonyl (C=O) groups excluding carboxylic acids is 2. The smallest absolute Gasteiger partial charge is 0.339 e. The zero-order valence-electron chi connectivity index (χ0n) is 24.0. The summed E-state index contributed by atoms with van der Waals surface area (Å²) >= 11 is 6.54. The maximum Gasteiger partial charge on any atom is 0.339 e. The molecule has 0 atom stereocenters. The van der Waals surface area contributed by atoms with Crippen molar-refractivity contribution in [2.75, 3.05) is 13.2 Å². The van der Waals surface area contributed by atoms with Gasteiger partial charge in [0.05, 0.1) is 24.3 Å². The summed E-state index contributed by atoms with van der Waals surface area (Å²) in [7, 11) is 0. The summed E-state index contributed by atoms with van der Waals surface area (Å²) in [5.41, 5.74) is 3.41. The van der Waals surface area contributed by atoms with Gasteiger partial charge in [0.1, 0.15) is 0 Å². The molecule has 4 aromatic carbocycles. The van der Waals surface area contributed by atoms with Crippen molar-refractivity contribution in [3.05, 3.63) is 95.1 Å². The van der Waals surface area contributed by atoms with Crippen molar-refractivity contribution < 1.29 is 19.1 Å². The number of hydrogen-bond donors (Lipinski definition) is 0. The van der Waals surface area contributed by atoms with Crippen molar-refractivity contribution in [2.45, 2.75) is 40.5 Å². The third-order valence-corrected chi connectivity index (χ3v) is 11.0. The van der Waals surface area contributed by atoms with E-state index < -0.39 is 0 Å². The molecule has 8 aromatic rings. The molecule has 0 aliphatic carbocycles. The number of carbonyl (C=O) groups is 2. The van der Waals surface area contributed by atoms with Crippen molar-refractivity contribution in [3.8, 4) is 0 Å². The second-order valence-corrected chi connectivity index (χ2v) is 13.9. The van der Waals surface area contributed by atoms with Crippen LogP contribution in [0.15, 0.2) is 72.8 Å². The summed E-state index contributed by atoms with van der Waals surface area (Å²) in [6.45, 7) is 8.53. The molecule has 0 fully saturated rings. The van der Waals surface area contributed by atoms with E-state index in [1.807, 2.05) is 26.0 Å². The molecule has 0 amide bonds. The van der Waals surface area contributed by atoms with E-state index in [0.29, 0.717) is 24.3 Å². The predicted molar refractivity (Wildman–Crippen MR) is 183 cm³/mol. The molecule has 4 aromatic heterocycles. The Morgan fingerprint density at radius 3 is 1.10 bits per heavy atom. The summed E-state index contributed by atoms with van der Waals surface area (Å²) in [5, 5.41) is 0. The minimum Gasteiger partial charge on any atom is -0.462 e.